The zero-order valence-corrected chi connectivity index (χ0v) is 14.9. The minimum Gasteiger partial charge on any atom is -0.289 e. The van der Waals surface area contributed by atoms with Crippen molar-refractivity contribution >= 4 is 35.0 Å². The van der Waals surface area contributed by atoms with Gasteiger partial charge in [0.15, 0.2) is 0 Å². The van der Waals surface area contributed by atoms with E-state index in [4.69, 9.17) is 0 Å². The number of alkyl halides is 3. The van der Waals surface area contributed by atoms with Gasteiger partial charge in [0.25, 0.3) is 5.91 Å². The predicted molar refractivity (Wildman–Crippen MR) is 92.2 cm³/mol. The second-order valence-electron chi connectivity index (χ2n) is 5.20. The Hall–Kier alpha value is -2.40. The second-order valence-corrected chi connectivity index (χ2v) is 7.28. The van der Waals surface area contributed by atoms with Gasteiger partial charge in [0.05, 0.1) is 0 Å². The fourth-order valence-corrected chi connectivity index (χ4v) is 3.72. The molecule has 2 heterocycles. The van der Waals surface area contributed by atoms with Gasteiger partial charge < -0.3 is 0 Å². The lowest BCUT2D eigenvalue weighted by Crippen LogP contribution is -2.13. The standard InChI is InChI=1S/C15H12F3N5OS2/c1-8-6-25-14(19-8)26-7-9-2-4-10(5-3-9)11(24)20-13-21-12(22-23-13)15(16,17)18/h2-6H,7H2,1H3,(H2,20,21,22,23,24). The lowest BCUT2D eigenvalue weighted by atomic mass is 10.1. The van der Waals surface area contributed by atoms with Gasteiger partial charge in [0, 0.05) is 22.4 Å². The van der Waals surface area contributed by atoms with Crippen LogP contribution in [0.15, 0.2) is 34.0 Å². The Labute approximate surface area is 154 Å². The van der Waals surface area contributed by atoms with Crippen LogP contribution in [0.25, 0.3) is 0 Å². The Kier molecular flexibility index (Phi) is 5.28. The van der Waals surface area contributed by atoms with Gasteiger partial charge >= 0.3 is 6.18 Å². The number of benzene rings is 1. The maximum atomic E-state index is 12.5. The van der Waals surface area contributed by atoms with E-state index in [1.54, 1.807) is 52.5 Å². The van der Waals surface area contributed by atoms with Crippen molar-refractivity contribution in [3.63, 3.8) is 0 Å². The molecule has 6 nitrogen and oxygen atoms in total. The molecule has 0 atom stereocenters. The first kappa shape index (κ1) is 18.4. The van der Waals surface area contributed by atoms with E-state index in [1.807, 2.05) is 12.3 Å². The average molecular weight is 399 g/mol. The molecule has 26 heavy (non-hydrogen) atoms. The number of thioether (sulfide) groups is 1. The van der Waals surface area contributed by atoms with Crippen LogP contribution >= 0.6 is 23.1 Å². The van der Waals surface area contributed by atoms with Crippen molar-refractivity contribution in [1.82, 2.24) is 20.2 Å². The minimum atomic E-state index is -4.65. The van der Waals surface area contributed by atoms with E-state index < -0.39 is 23.9 Å². The summed E-state index contributed by atoms with van der Waals surface area (Å²) < 4.78 is 38.3. The first-order chi connectivity index (χ1) is 12.3. The van der Waals surface area contributed by atoms with E-state index in [2.05, 4.69) is 20.4 Å². The van der Waals surface area contributed by atoms with Crippen molar-refractivity contribution in [3.05, 3.63) is 52.3 Å². The topological polar surface area (TPSA) is 83.6 Å². The molecule has 0 fully saturated rings. The highest BCUT2D eigenvalue weighted by molar-refractivity contribution is 8.00. The molecule has 3 aromatic rings. The molecule has 0 aliphatic carbocycles. The largest absolute Gasteiger partial charge is 0.451 e. The summed E-state index contributed by atoms with van der Waals surface area (Å²) in [6.45, 7) is 1.93. The maximum absolute atomic E-state index is 12.5. The molecule has 11 heteroatoms. The number of aromatic nitrogens is 4. The molecule has 3 rings (SSSR count). The summed E-state index contributed by atoms with van der Waals surface area (Å²) in [5.41, 5.74) is 2.27. The molecule has 0 saturated carbocycles. The number of hydrogen-bond acceptors (Lipinski definition) is 6. The summed E-state index contributed by atoms with van der Waals surface area (Å²) in [4.78, 5) is 19.6. The number of aryl methyl sites for hydroxylation is 1. The Balaban J connectivity index is 1.59. The highest BCUT2D eigenvalue weighted by Crippen LogP contribution is 2.27. The lowest BCUT2D eigenvalue weighted by molar-refractivity contribution is -0.144. The first-order valence-electron chi connectivity index (χ1n) is 7.26. The normalized spacial score (nSPS) is 11.5. The molecule has 0 aliphatic heterocycles. The lowest BCUT2D eigenvalue weighted by Gasteiger charge is -2.03. The van der Waals surface area contributed by atoms with Gasteiger partial charge in [0.2, 0.25) is 11.8 Å². The fourth-order valence-electron chi connectivity index (χ4n) is 1.91. The Morgan fingerprint density at radius 2 is 2.00 bits per heavy atom. The summed E-state index contributed by atoms with van der Waals surface area (Å²) in [6.07, 6.45) is -4.65. The van der Waals surface area contributed by atoms with Crippen LogP contribution < -0.4 is 5.32 Å². The molecule has 0 unspecified atom stereocenters. The van der Waals surface area contributed by atoms with Gasteiger partial charge in [-0.25, -0.2) is 4.98 Å². The van der Waals surface area contributed by atoms with E-state index in [1.165, 1.54) is 0 Å². The third-order valence-corrected chi connectivity index (χ3v) is 5.37. The zero-order valence-electron chi connectivity index (χ0n) is 13.3. The van der Waals surface area contributed by atoms with E-state index >= 15 is 0 Å². The molecular weight excluding hydrogens is 387 g/mol. The van der Waals surface area contributed by atoms with E-state index in [9.17, 15) is 18.0 Å². The number of amides is 1. The molecule has 0 aliphatic rings. The summed E-state index contributed by atoms with van der Waals surface area (Å²) in [7, 11) is 0. The van der Waals surface area contributed by atoms with Crippen molar-refractivity contribution < 1.29 is 18.0 Å². The number of H-pyrrole nitrogens is 1. The number of carbonyl (C=O) groups excluding carboxylic acids is 1. The van der Waals surface area contributed by atoms with Gasteiger partial charge in [-0.1, -0.05) is 23.9 Å². The molecular formula is C15H12F3N5OS2. The van der Waals surface area contributed by atoms with Gasteiger partial charge in [-0.05, 0) is 24.6 Å². The van der Waals surface area contributed by atoms with Gasteiger partial charge in [0.1, 0.15) is 4.34 Å². The Morgan fingerprint density at radius 3 is 2.58 bits per heavy atom. The van der Waals surface area contributed by atoms with Crippen LogP contribution in [0.1, 0.15) is 27.4 Å². The molecule has 1 amide bonds. The summed E-state index contributed by atoms with van der Waals surface area (Å²) >= 11 is 3.16. The van der Waals surface area contributed by atoms with Gasteiger partial charge in [-0.2, -0.15) is 18.2 Å². The van der Waals surface area contributed by atoms with Crippen LogP contribution in [-0.4, -0.2) is 26.1 Å². The highest BCUT2D eigenvalue weighted by Gasteiger charge is 2.35. The SMILES string of the molecule is Cc1csc(SCc2ccc(C(=O)Nc3n[nH]c(C(F)(F)F)n3)cc2)n1. The molecule has 0 spiro atoms. The number of nitrogens with zero attached hydrogens (tertiary/aromatic N) is 3. The molecule has 2 aromatic heterocycles. The smallest absolute Gasteiger partial charge is 0.289 e. The maximum Gasteiger partial charge on any atom is 0.451 e. The summed E-state index contributed by atoms with van der Waals surface area (Å²) in [5, 5.41) is 9.27. The number of anilines is 1. The summed E-state index contributed by atoms with van der Waals surface area (Å²) in [6, 6.07) is 6.74. The Morgan fingerprint density at radius 1 is 1.27 bits per heavy atom. The molecule has 2 N–H and O–H groups in total. The van der Waals surface area contributed by atoms with Crippen molar-refractivity contribution in [2.75, 3.05) is 5.32 Å². The number of nitrogens with one attached hydrogen (secondary N) is 2. The number of thiazole rings is 1. The fraction of sp³-hybridized carbons (Fsp3) is 0.200. The van der Waals surface area contributed by atoms with Crippen LogP contribution in [0.2, 0.25) is 0 Å². The quantitative estimate of drug-likeness (QED) is 0.630. The van der Waals surface area contributed by atoms with Crippen molar-refractivity contribution in [3.8, 4) is 0 Å². The van der Waals surface area contributed by atoms with Gasteiger partial charge in [-0.3, -0.25) is 15.2 Å². The van der Waals surface area contributed by atoms with E-state index in [-0.39, 0.29) is 0 Å². The highest BCUT2D eigenvalue weighted by atomic mass is 32.2. The monoisotopic (exact) mass is 399 g/mol. The van der Waals surface area contributed by atoms with Gasteiger partial charge in [-0.15, -0.1) is 16.4 Å². The average Bonchev–Trinajstić information content (AvgIpc) is 3.22. The zero-order chi connectivity index (χ0) is 18.7. The van der Waals surface area contributed by atoms with Crippen LogP contribution in [0.3, 0.4) is 0 Å². The number of rotatable bonds is 5. The van der Waals surface area contributed by atoms with Crippen LogP contribution in [-0.2, 0) is 11.9 Å². The van der Waals surface area contributed by atoms with Crippen molar-refractivity contribution in [2.24, 2.45) is 0 Å². The molecule has 0 saturated heterocycles. The molecule has 0 bridgehead atoms. The van der Waals surface area contributed by atoms with Crippen LogP contribution in [0, 0.1) is 6.92 Å². The summed E-state index contributed by atoms with van der Waals surface area (Å²) in [5.74, 6) is -1.59. The van der Waals surface area contributed by atoms with Crippen molar-refractivity contribution in [2.45, 2.75) is 23.2 Å². The Bertz CT molecular complexity index is 905. The number of carbonyl (C=O) groups is 1. The van der Waals surface area contributed by atoms with E-state index in [0.717, 1.165) is 15.6 Å². The predicted octanol–water partition coefficient (Wildman–Crippen LogP) is 4.13. The number of hydrogen-bond donors (Lipinski definition) is 2. The molecule has 0 radical (unpaired) electrons. The van der Waals surface area contributed by atoms with Crippen molar-refractivity contribution in [1.29, 1.82) is 0 Å². The third-order valence-electron chi connectivity index (χ3n) is 3.16. The van der Waals surface area contributed by atoms with E-state index in [0.29, 0.717) is 11.3 Å². The minimum absolute atomic E-state index is 0.294. The first-order valence-corrected chi connectivity index (χ1v) is 9.12. The number of aromatic amines is 1. The number of halogens is 3. The third kappa shape index (κ3) is 4.61. The van der Waals surface area contributed by atoms with Crippen LogP contribution in [0.5, 0.6) is 0 Å². The van der Waals surface area contributed by atoms with Crippen LogP contribution in [0.4, 0.5) is 19.1 Å². The molecule has 136 valence electrons. The molecule has 1 aromatic carbocycles. The second kappa shape index (κ2) is 7.46.